The third-order valence-corrected chi connectivity index (χ3v) is 5.34. The van der Waals surface area contributed by atoms with Gasteiger partial charge >= 0.3 is 0 Å². The molecule has 4 fully saturated rings. The smallest absolute Gasteiger partial charge is 0.185 e. The van der Waals surface area contributed by atoms with Crippen LogP contribution >= 0.6 is 0 Å². The molecule has 0 heterocycles. The van der Waals surface area contributed by atoms with Crippen LogP contribution in [-0.2, 0) is 0 Å². The van der Waals surface area contributed by atoms with Gasteiger partial charge in [0.1, 0.15) is 0 Å². The molecule has 96 valence electrons. The van der Waals surface area contributed by atoms with Gasteiger partial charge in [-0.25, -0.2) is 0 Å². The molecule has 3 heteroatoms. The monoisotopic (exact) mass is 235 g/mol. The van der Waals surface area contributed by atoms with Crippen LogP contribution in [0.4, 0.5) is 0 Å². The zero-order valence-corrected chi connectivity index (χ0v) is 11.1. The summed E-state index contributed by atoms with van der Waals surface area (Å²) in [4.78, 5) is 4.35. The van der Waals surface area contributed by atoms with E-state index in [0.717, 1.165) is 12.5 Å². The van der Waals surface area contributed by atoms with Crippen LogP contribution in [0.3, 0.4) is 0 Å². The fourth-order valence-electron chi connectivity index (χ4n) is 6.12. The SMILES string of the molecule is C[C@]12CC3CC(CN=C(N)N)(C1)C[C@@](C)(C3)C2. The summed E-state index contributed by atoms with van der Waals surface area (Å²) in [7, 11) is 0. The molecule has 0 aromatic rings. The van der Waals surface area contributed by atoms with Gasteiger partial charge < -0.3 is 11.5 Å². The van der Waals surface area contributed by atoms with Gasteiger partial charge in [0.2, 0.25) is 0 Å². The molecule has 17 heavy (non-hydrogen) atoms. The zero-order valence-electron chi connectivity index (χ0n) is 11.1. The van der Waals surface area contributed by atoms with Crippen molar-refractivity contribution < 1.29 is 0 Å². The molecule has 4 atom stereocenters. The lowest BCUT2D eigenvalue weighted by molar-refractivity contribution is -0.140. The van der Waals surface area contributed by atoms with E-state index in [9.17, 15) is 0 Å². The summed E-state index contributed by atoms with van der Waals surface area (Å²) < 4.78 is 0. The average Bonchev–Trinajstić information content (AvgIpc) is 2.08. The first-order valence-corrected chi connectivity index (χ1v) is 6.88. The summed E-state index contributed by atoms with van der Waals surface area (Å²) in [5.74, 6) is 1.19. The highest BCUT2D eigenvalue weighted by Gasteiger charge is 2.59. The van der Waals surface area contributed by atoms with E-state index in [2.05, 4.69) is 18.8 Å². The molecule has 0 aliphatic heterocycles. The van der Waals surface area contributed by atoms with Gasteiger partial charge in [-0.2, -0.15) is 0 Å². The number of nitrogens with zero attached hydrogens (tertiary/aromatic N) is 1. The van der Waals surface area contributed by atoms with Crippen molar-refractivity contribution in [2.24, 2.45) is 38.6 Å². The van der Waals surface area contributed by atoms with Gasteiger partial charge in [-0.3, -0.25) is 4.99 Å². The Hall–Kier alpha value is -0.730. The Bertz CT molecular complexity index is 352. The molecule has 4 rings (SSSR count). The lowest BCUT2D eigenvalue weighted by Gasteiger charge is -2.65. The highest BCUT2D eigenvalue weighted by molar-refractivity contribution is 5.75. The van der Waals surface area contributed by atoms with Crippen molar-refractivity contribution in [2.45, 2.75) is 52.4 Å². The normalized spacial score (nSPS) is 51.5. The summed E-state index contributed by atoms with van der Waals surface area (Å²) in [5.41, 5.74) is 12.6. The quantitative estimate of drug-likeness (QED) is 0.569. The Morgan fingerprint density at radius 2 is 1.65 bits per heavy atom. The maximum Gasteiger partial charge on any atom is 0.185 e. The van der Waals surface area contributed by atoms with Crippen LogP contribution in [0.2, 0.25) is 0 Å². The Balaban J connectivity index is 1.89. The second-order valence-corrected chi connectivity index (χ2v) is 7.87. The molecule has 4 saturated carbocycles. The predicted molar refractivity (Wildman–Crippen MR) is 70.5 cm³/mol. The van der Waals surface area contributed by atoms with Crippen molar-refractivity contribution in [1.82, 2.24) is 0 Å². The molecule has 0 aromatic heterocycles. The van der Waals surface area contributed by atoms with Crippen molar-refractivity contribution >= 4 is 5.96 Å². The van der Waals surface area contributed by atoms with E-state index in [1.165, 1.54) is 38.5 Å². The van der Waals surface area contributed by atoms with Crippen LogP contribution in [-0.4, -0.2) is 12.5 Å². The van der Waals surface area contributed by atoms with E-state index in [4.69, 9.17) is 11.5 Å². The molecular formula is C14H25N3. The summed E-state index contributed by atoms with van der Waals surface area (Å²) in [5, 5.41) is 0. The van der Waals surface area contributed by atoms with Crippen molar-refractivity contribution in [3.63, 3.8) is 0 Å². The van der Waals surface area contributed by atoms with Crippen LogP contribution in [0.15, 0.2) is 4.99 Å². The summed E-state index contributed by atoms with van der Waals surface area (Å²) in [6, 6.07) is 0. The second kappa shape index (κ2) is 3.18. The highest BCUT2D eigenvalue weighted by Crippen LogP contribution is 2.69. The first-order chi connectivity index (χ1) is 7.82. The van der Waals surface area contributed by atoms with Crippen LogP contribution in [0.25, 0.3) is 0 Å². The molecule has 0 amide bonds. The van der Waals surface area contributed by atoms with E-state index in [0.29, 0.717) is 16.2 Å². The van der Waals surface area contributed by atoms with Crippen molar-refractivity contribution in [2.75, 3.05) is 6.54 Å². The maximum atomic E-state index is 5.52. The molecule has 0 saturated heterocycles. The summed E-state index contributed by atoms with van der Waals surface area (Å²) in [6.07, 6.45) is 8.32. The first kappa shape index (κ1) is 11.4. The van der Waals surface area contributed by atoms with Crippen molar-refractivity contribution in [3.05, 3.63) is 0 Å². The number of rotatable bonds is 2. The van der Waals surface area contributed by atoms with Crippen molar-refractivity contribution in [1.29, 1.82) is 0 Å². The molecule has 0 aromatic carbocycles. The van der Waals surface area contributed by atoms with Gasteiger partial charge in [0.05, 0.1) is 0 Å². The predicted octanol–water partition coefficient (Wildman–Crippen LogP) is 2.26. The topological polar surface area (TPSA) is 64.4 Å². The third kappa shape index (κ3) is 1.84. The zero-order chi connectivity index (χ0) is 12.3. The van der Waals surface area contributed by atoms with Crippen LogP contribution in [0.5, 0.6) is 0 Å². The van der Waals surface area contributed by atoms with Gasteiger partial charge in [-0.05, 0) is 60.7 Å². The van der Waals surface area contributed by atoms with Gasteiger partial charge in [-0.1, -0.05) is 13.8 Å². The van der Waals surface area contributed by atoms with E-state index in [1.807, 2.05) is 0 Å². The molecule has 0 radical (unpaired) electrons. The molecule has 0 spiro atoms. The van der Waals surface area contributed by atoms with E-state index < -0.39 is 0 Å². The molecule has 4 N–H and O–H groups in total. The molecule has 4 bridgehead atoms. The largest absolute Gasteiger partial charge is 0.370 e. The highest BCUT2D eigenvalue weighted by atomic mass is 15.0. The standard InChI is InChI=1S/C14H25N3/c1-12-3-10-4-13(2,6-12)8-14(5-10,7-12)9-17-11(15)16/h10H,3-9H2,1-2H3,(H4,15,16,17)/t10?,12-,13+,14?. The lowest BCUT2D eigenvalue weighted by atomic mass is 9.40. The maximum absolute atomic E-state index is 5.52. The minimum absolute atomic E-state index is 0.260. The number of nitrogens with two attached hydrogens (primary N) is 2. The second-order valence-electron chi connectivity index (χ2n) is 7.87. The van der Waals surface area contributed by atoms with E-state index in [1.54, 1.807) is 0 Å². The number of guanidine groups is 1. The number of hydrogen-bond donors (Lipinski definition) is 2. The number of hydrogen-bond acceptors (Lipinski definition) is 1. The molecule has 4 aliphatic carbocycles. The number of aliphatic imine (C=N–C) groups is 1. The van der Waals surface area contributed by atoms with Crippen LogP contribution in [0.1, 0.15) is 52.4 Å². The third-order valence-electron chi connectivity index (χ3n) is 5.34. The average molecular weight is 235 g/mol. The van der Waals surface area contributed by atoms with Gasteiger partial charge in [0, 0.05) is 6.54 Å². The molecule has 3 nitrogen and oxygen atoms in total. The molecular weight excluding hydrogens is 210 g/mol. The Labute approximate surface area is 104 Å². The van der Waals surface area contributed by atoms with Crippen LogP contribution < -0.4 is 11.5 Å². The summed E-state index contributed by atoms with van der Waals surface area (Å²) in [6.45, 7) is 5.83. The van der Waals surface area contributed by atoms with E-state index in [-0.39, 0.29) is 5.96 Å². The lowest BCUT2D eigenvalue weighted by Crippen LogP contribution is -2.56. The minimum atomic E-state index is 0.260. The molecule has 2 unspecified atom stereocenters. The Morgan fingerprint density at radius 3 is 2.12 bits per heavy atom. The Morgan fingerprint density at radius 1 is 1.06 bits per heavy atom. The van der Waals surface area contributed by atoms with Gasteiger partial charge in [0.25, 0.3) is 0 Å². The minimum Gasteiger partial charge on any atom is -0.370 e. The first-order valence-electron chi connectivity index (χ1n) is 6.88. The fourth-order valence-corrected chi connectivity index (χ4v) is 6.12. The van der Waals surface area contributed by atoms with E-state index >= 15 is 0 Å². The van der Waals surface area contributed by atoms with Gasteiger partial charge in [0.15, 0.2) is 5.96 Å². The molecule has 4 aliphatic rings. The van der Waals surface area contributed by atoms with Crippen molar-refractivity contribution in [3.8, 4) is 0 Å². The van der Waals surface area contributed by atoms with Crippen LogP contribution in [0, 0.1) is 22.2 Å². The van der Waals surface area contributed by atoms with Gasteiger partial charge in [-0.15, -0.1) is 0 Å². The summed E-state index contributed by atoms with van der Waals surface area (Å²) >= 11 is 0. The Kier molecular flexibility index (Phi) is 2.13. The fraction of sp³-hybridized carbons (Fsp3) is 0.929.